The highest BCUT2D eigenvalue weighted by atomic mass is 32.2. The van der Waals surface area contributed by atoms with Crippen molar-refractivity contribution in [1.29, 1.82) is 0 Å². The van der Waals surface area contributed by atoms with Gasteiger partial charge in [-0.25, -0.2) is 0 Å². The van der Waals surface area contributed by atoms with E-state index in [1.165, 1.54) is 12.8 Å². The van der Waals surface area contributed by atoms with Crippen molar-refractivity contribution in [3.05, 3.63) is 22.7 Å². The highest BCUT2D eigenvalue weighted by Crippen LogP contribution is 2.31. The molecule has 108 valence electrons. The Bertz CT molecular complexity index is 719. The number of rotatable bonds is 6. The van der Waals surface area contributed by atoms with Crippen LogP contribution in [0, 0.1) is 0 Å². The van der Waals surface area contributed by atoms with Crippen molar-refractivity contribution in [3.8, 4) is 11.5 Å². The maximum atomic E-state index is 5.25. The van der Waals surface area contributed by atoms with Gasteiger partial charge in [-0.1, -0.05) is 28.3 Å². The summed E-state index contributed by atoms with van der Waals surface area (Å²) in [7, 11) is 0. The first-order valence-corrected chi connectivity index (χ1v) is 9.19. The predicted octanol–water partition coefficient (Wildman–Crippen LogP) is 3.52. The van der Waals surface area contributed by atoms with Gasteiger partial charge in [0.05, 0.1) is 11.3 Å². The standard InChI is InChI=1S/C12H11N5OS3/c1-2-8(1)13-11-15-16-12(21-11)20-6-9-14-10(18-17-9)7-3-4-19-5-7/h3-5,8H,1-2,6H2,(H,13,15). The van der Waals surface area contributed by atoms with Crippen LogP contribution < -0.4 is 5.32 Å². The van der Waals surface area contributed by atoms with Crippen LogP contribution in [0.4, 0.5) is 5.13 Å². The third-order valence-corrected chi connectivity index (χ3v) is 5.54. The average molecular weight is 337 g/mol. The number of thioether (sulfide) groups is 1. The van der Waals surface area contributed by atoms with Crippen LogP contribution in [0.15, 0.2) is 25.7 Å². The molecular formula is C12H11N5OS3. The van der Waals surface area contributed by atoms with Gasteiger partial charge in [0.25, 0.3) is 5.89 Å². The van der Waals surface area contributed by atoms with E-state index in [0.717, 1.165) is 15.0 Å². The van der Waals surface area contributed by atoms with Crippen molar-refractivity contribution < 1.29 is 4.52 Å². The summed E-state index contributed by atoms with van der Waals surface area (Å²) in [6.07, 6.45) is 2.46. The number of hydrogen-bond donors (Lipinski definition) is 1. The summed E-state index contributed by atoms with van der Waals surface area (Å²) in [6.45, 7) is 0. The second kappa shape index (κ2) is 5.74. The SMILES string of the molecule is c1cc(-c2nc(CSc3nnc(NC4CC4)s3)no2)cs1. The average Bonchev–Trinajstić information content (AvgIpc) is 2.94. The Balaban J connectivity index is 1.36. The normalized spacial score (nSPS) is 14.5. The zero-order valence-corrected chi connectivity index (χ0v) is 13.3. The third-order valence-electron chi connectivity index (χ3n) is 2.87. The summed E-state index contributed by atoms with van der Waals surface area (Å²) < 4.78 is 6.17. The van der Waals surface area contributed by atoms with Crippen LogP contribution in [-0.4, -0.2) is 26.4 Å². The largest absolute Gasteiger partial charge is 0.357 e. The minimum Gasteiger partial charge on any atom is -0.357 e. The first-order valence-electron chi connectivity index (χ1n) is 6.45. The number of thiophene rings is 1. The molecule has 0 saturated heterocycles. The van der Waals surface area contributed by atoms with Gasteiger partial charge < -0.3 is 9.84 Å². The smallest absolute Gasteiger partial charge is 0.258 e. The Kier molecular flexibility index (Phi) is 3.62. The lowest BCUT2D eigenvalue weighted by Crippen LogP contribution is -1.99. The van der Waals surface area contributed by atoms with Crippen molar-refractivity contribution in [3.63, 3.8) is 0 Å². The predicted molar refractivity (Wildman–Crippen MR) is 83.7 cm³/mol. The van der Waals surface area contributed by atoms with Gasteiger partial charge in [0.1, 0.15) is 0 Å². The topological polar surface area (TPSA) is 76.7 Å². The fourth-order valence-corrected chi connectivity index (χ4v) is 3.97. The van der Waals surface area contributed by atoms with E-state index in [2.05, 4.69) is 25.7 Å². The lowest BCUT2D eigenvalue weighted by Gasteiger charge is -1.94. The molecule has 3 heterocycles. The molecule has 0 aliphatic heterocycles. The van der Waals surface area contributed by atoms with E-state index < -0.39 is 0 Å². The van der Waals surface area contributed by atoms with Crippen LogP contribution in [0.2, 0.25) is 0 Å². The lowest BCUT2D eigenvalue weighted by molar-refractivity contribution is 0.425. The number of hydrogen-bond acceptors (Lipinski definition) is 9. The third kappa shape index (κ3) is 3.25. The van der Waals surface area contributed by atoms with Gasteiger partial charge in [0.15, 0.2) is 10.2 Å². The van der Waals surface area contributed by atoms with E-state index >= 15 is 0 Å². The molecule has 0 atom stereocenters. The molecule has 0 unspecified atom stereocenters. The highest BCUT2D eigenvalue weighted by Gasteiger charge is 2.22. The van der Waals surface area contributed by atoms with Crippen LogP contribution in [0.5, 0.6) is 0 Å². The zero-order chi connectivity index (χ0) is 14.1. The first kappa shape index (κ1) is 13.2. The molecule has 0 radical (unpaired) electrons. The van der Waals surface area contributed by atoms with Crippen molar-refractivity contribution in [2.45, 2.75) is 29.0 Å². The van der Waals surface area contributed by atoms with Gasteiger partial charge in [-0.2, -0.15) is 16.3 Å². The second-order valence-corrected chi connectivity index (χ2v) is 7.59. The molecule has 3 aromatic rings. The molecule has 1 N–H and O–H groups in total. The van der Waals surface area contributed by atoms with E-state index in [9.17, 15) is 0 Å². The van der Waals surface area contributed by atoms with Gasteiger partial charge in [-0.15, -0.1) is 10.2 Å². The number of aromatic nitrogens is 4. The van der Waals surface area contributed by atoms with Crippen LogP contribution >= 0.6 is 34.4 Å². The molecular weight excluding hydrogens is 326 g/mol. The molecule has 1 aliphatic carbocycles. The lowest BCUT2D eigenvalue weighted by atomic mass is 10.3. The Labute approximate surface area is 133 Å². The maximum absolute atomic E-state index is 5.25. The molecule has 1 saturated carbocycles. The van der Waals surface area contributed by atoms with Crippen LogP contribution in [0.25, 0.3) is 11.5 Å². The van der Waals surface area contributed by atoms with Crippen molar-refractivity contribution in [1.82, 2.24) is 20.3 Å². The fraction of sp³-hybridized carbons (Fsp3) is 0.333. The summed E-state index contributed by atoms with van der Waals surface area (Å²) in [5.74, 6) is 1.87. The Morgan fingerprint density at radius 1 is 1.38 bits per heavy atom. The quantitative estimate of drug-likeness (QED) is 0.690. The van der Waals surface area contributed by atoms with E-state index in [0.29, 0.717) is 23.5 Å². The molecule has 21 heavy (non-hydrogen) atoms. The molecule has 0 bridgehead atoms. The number of nitrogens with zero attached hydrogens (tertiary/aromatic N) is 4. The highest BCUT2D eigenvalue weighted by molar-refractivity contribution is 8.00. The number of anilines is 1. The molecule has 0 aromatic carbocycles. The fourth-order valence-electron chi connectivity index (χ4n) is 1.67. The zero-order valence-electron chi connectivity index (χ0n) is 10.9. The van der Waals surface area contributed by atoms with Gasteiger partial charge in [0, 0.05) is 11.4 Å². The van der Waals surface area contributed by atoms with E-state index in [-0.39, 0.29) is 0 Å². The number of nitrogens with one attached hydrogen (secondary N) is 1. The maximum Gasteiger partial charge on any atom is 0.258 e. The minimum atomic E-state index is 0.570. The van der Waals surface area contributed by atoms with E-state index in [4.69, 9.17) is 4.52 Å². The monoisotopic (exact) mass is 337 g/mol. The minimum absolute atomic E-state index is 0.570. The molecule has 0 spiro atoms. The van der Waals surface area contributed by atoms with Crippen LogP contribution in [0.3, 0.4) is 0 Å². The summed E-state index contributed by atoms with van der Waals surface area (Å²) in [5, 5.41) is 20.5. The van der Waals surface area contributed by atoms with Crippen molar-refractivity contribution in [2.75, 3.05) is 5.32 Å². The van der Waals surface area contributed by atoms with E-state index in [1.807, 2.05) is 16.8 Å². The second-order valence-electron chi connectivity index (χ2n) is 4.61. The van der Waals surface area contributed by atoms with Crippen LogP contribution in [-0.2, 0) is 5.75 Å². The Morgan fingerprint density at radius 2 is 2.33 bits per heavy atom. The van der Waals surface area contributed by atoms with Gasteiger partial charge in [0.2, 0.25) is 5.13 Å². The van der Waals surface area contributed by atoms with Gasteiger partial charge in [-0.3, -0.25) is 0 Å². The Hall–Kier alpha value is -1.45. The summed E-state index contributed by atoms with van der Waals surface area (Å²) in [6, 6.07) is 2.57. The van der Waals surface area contributed by atoms with Crippen molar-refractivity contribution >= 4 is 39.6 Å². The van der Waals surface area contributed by atoms with Gasteiger partial charge in [-0.05, 0) is 24.3 Å². The molecule has 1 aliphatic rings. The first-order chi connectivity index (χ1) is 10.4. The molecule has 3 aromatic heterocycles. The van der Waals surface area contributed by atoms with E-state index in [1.54, 1.807) is 34.4 Å². The Morgan fingerprint density at radius 3 is 3.14 bits per heavy atom. The molecule has 6 nitrogen and oxygen atoms in total. The summed E-state index contributed by atoms with van der Waals surface area (Å²) >= 11 is 4.76. The molecule has 1 fully saturated rings. The van der Waals surface area contributed by atoms with Crippen LogP contribution in [0.1, 0.15) is 18.7 Å². The summed E-state index contributed by atoms with van der Waals surface area (Å²) in [5.41, 5.74) is 0.968. The molecule has 9 heteroatoms. The van der Waals surface area contributed by atoms with Crippen molar-refractivity contribution in [2.24, 2.45) is 0 Å². The molecule has 4 rings (SSSR count). The van der Waals surface area contributed by atoms with Gasteiger partial charge >= 0.3 is 0 Å². The summed E-state index contributed by atoms with van der Waals surface area (Å²) in [4.78, 5) is 4.38. The molecule has 0 amide bonds.